The summed E-state index contributed by atoms with van der Waals surface area (Å²) in [7, 11) is 1.50. The number of carbonyl (C=O) groups excluding carboxylic acids is 1. The molecule has 1 aliphatic heterocycles. The van der Waals surface area contributed by atoms with Crippen molar-refractivity contribution in [2.24, 2.45) is 0 Å². The number of thiocarbonyl (C=S) groups is 1. The molecular formula is C28H24F3N5O2S. The van der Waals surface area contributed by atoms with E-state index < -0.39 is 23.8 Å². The normalized spacial score (nSPS) is 17.2. The lowest BCUT2D eigenvalue weighted by atomic mass is 10.0. The van der Waals surface area contributed by atoms with E-state index in [2.05, 4.69) is 15.6 Å². The van der Waals surface area contributed by atoms with Gasteiger partial charge in [0, 0.05) is 36.4 Å². The largest absolute Gasteiger partial charge is 0.495 e. The highest BCUT2D eigenvalue weighted by molar-refractivity contribution is 7.80. The van der Waals surface area contributed by atoms with Crippen LogP contribution in [0.25, 0.3) is 5.69 Å². The number of alkyl halides is 3. The molecule has 1 amide bonds. The summed E-state index contributed by atoms with van der Waals surface area (Å²) < 4.78 is 47.7. The van der Waals surface area contributed by atoms with Gasteiger partial charge in [-0.2, -0.15) is 13.2 Å². The second kappa shape index (κ2) is 10.4. The summed E-state index contributed by atoms with van der Waals surface area (Å²) in [4.78, 5) is 18.3. The van der Waals surface area contributed by atoms with Gasteiger partial charge in [-0.05, 0) is 72.9 Å². The Morgan fingerprint density at radius 3 is 2.56 bits per heavy atom. The van der Waals surface area contributed by atoms with Gasteiger partial charge in [-0.1, -0.05) is 12.1 Å². The van der Waals surface area contributed by atoms with Gasteiger partial charge in [-0.25, -0.2) is 0 Å². The van der Waals surface area contributed by atoms with Gasteiger partial charge in [0.1, 0.15) is 11.8 Å². The van der Waals surface area contributed by atoms with Crippen molar-refractivity contribution in [2.75, 3.05) is 17.3 Å². The van der Waals surface area contributed by atoms with Crippen LogP contribution in [0.4, 0.5) is 24.5 Å². The number of anilines is 2. The molecule has 4 aromatic rings. The summed E-state index contributed by atoms with van der Waals surface area (Å²) in [6, 6.07) is 18.7. The number of hydrogen-bond donors (Lipinski definition) is 2. The molecule has 200 valence electrons. The Bertz CT molecular complexity index is 1520. The quantitative estimate of drug-likeness (QED) is 0.285. The minimum Gasteiger partial charge on any atom is -0.495 e. The van der Waals surface area contributed by atoms with Crippen molar-refractivity contribution in [3.63, 3.8) is 0 Å². The predicted molar refractivity (Wildman–Crippen MR) is 146 cm³/mol. The number of nitrogens with one attached hydrogen (secondary N) is 2. The highest BCUT2D eigenvalue weighted by Crippen LogP contribution is 2.44. The van der Waals surface area contributed by atoms with Crippen LogP contribution < -0.4 is 20.3 Å². The maximum absolute atomic E-state index is 13.5. The summed E-state index contributed by atoms with van der Waals surface area (Å²) in [5, 5.41) is 6.51. The molecule has 1 aliphatic rings. The van der Waals surface area contributed by atoms with E-state index >= 15 is 0 Å². The number of nitrogens with zero attached hydrogens (tertiary/aromatic N) is 3. The Morgan fingerprint density at radius 2 is 1.87 bits per heavy atom. The molecule has 2 atom stereocenters. The summed E-state index contributed by atoms with van der Waals surface area (Å²) >= 11 is 5.78. The van der Waals surface area contributed by atoms with Crippen LogP contribution in [-0.4, -0.2) is 27.7 Å². The van der Waals surface area contributed by atoms with Crippen molar-refractivity contribution in [3.05, 3.63) is 102 Å². The SMILES string of the molecule is COc1ccc(N2C(=S)N[C@@H](c3ccccn3)[C@H]2c2cccn2-c2cccc(C(F)(F)F)c2)cc1NC(C)=O. The van der Waals surface area contributed by atoms with Gasteiger partial charge < -0.3 is 24.8 Å². The molecule has 39 heavy (non-hydrogen) atoms. The number of methoxy groups -OCH3 is 1. The minimum absolute atomic E-state index is 0.270. The molecule has 5 rings (SSSR count). The molecule has 0 unspecified atom stereocenters. The third-order valence-electron chi connectivity index (χ3n) is 6.41. The first-order valence-electron chi connectivity index (χ1n) is 12.0. The van der Waals surface area contributed by atoms with E-state index in [1.165, 1.54) is 20.1 Å². The second-order valence-electron chi connectivity index (χ2n) is 8.91. The Labute approximate surface area is 228 Å². The van der Waals surface area contributed by atoms with E-state index in [1.54, 1.807) is 47.3 Å². The Kier molecular flexibility index (Phi) is 7.00. The average Bonchev–Trinajstić information content (AvgIpc) is 3.53. The van der Waals surface area contributed by atoms with Gasteiger partial charge in [0.25, 0.3) is 0 Å². The molecule has 0 radical (unpaired) electrons. The lowest BCUT2D eigenvalue weighted by Crippen LogP contribution is -2.30. The summed E-state index contributed by atoms with van der Waals surface area (Å²) in [5.41, 5.74) is 2.12. The van der Waals surface area contributed by atoms with Gasteiger partial charge in [0.05, 0.1) is 30.1 Å². The number of benzene rings is 2. The molecular weight excluding hydrogens is 527 g/mol. The first-order chi connectivity index (χ1) is 18.7. The van der Waals surface area contributed by atoms with Crippen LogP contribution in [0.15, 0.2) is 85.2 Å². The van der Waals surface area contributed by atoms with Crippen molar-refractivity contribution in [1.82, 2.24) is 14.9 Å². The number of aromatic nitrogens is 2. The number of amides is 1. The zero-order valence-electron chi connectivity index (χ0n) is 20.9. The lowest BCUT2D eigenvalue weighted by Gasteiger charge is -2.29. The number of carbonyl (C=O) groups is 1. The number of hydrogen-bond acceptors (Lipinski definition) is 4. The summed E-state index contributed by atoms with van der Waals surface area (Å²) in [6.07, 6.45) is -1.09. The molecule has 3 heterocycles. The average molecular weight is 552 g/mol. The zero-order valence-corrected chi connectivity index (χ0v) is 21.8. The van der Waals surface area contributed by atoms with Crippen LogP contribution in [0.5, 0.6) is 5.75 Å². The second-order valence-corrected chi connectivity index (χ2v) is 9.30. The van der Waals surface area contributed by atoms with Crippen LogP contribution >= 0.6 is 12.2 Å². The minimum atomic E-state index is -4.48. The monoisotopic (exact) mass is 551 g/mol. The molecule has 0 saturated carbocycles. The van der Waals surface area contributed by atoms with Crippen molar-refractivity contribution in [2.45, 2.75) is 25.2 Å². The van der Waals surface area contributed by atoms with Crippen LogP contribution in [0, 0.1) is 0 Å². The number of ether oxygens (including phenoxy) is 1. The van der Waals surface area contributed by atoms with Crippen molar-refractivity contribution in [3.8, 4) is 11.4 Å². The van der Waals surface area contributed by atoms with Crippen LogP contribution in [0.1, 0.15) is 36.0 Å². The summed E-state index contributed by atoms with van der Waals surface area (Å²) in [6.45, 7) is 1.40. The third-order valence-corrected chi connectivity index (χ3v) is 6.72. The maximum Gasteiger partial charge on any atom is 0.416 e. The van der Waals surface area contributed by atoms with Gasteiger partial charge in [-0.3, -0.25) is 9.78 Å². The number of halogens is 3. The van der Waals surface area contributed by atoms with E-state index in [9.17, 15) is 18.0 Å². The molecule has 0 aliphatic carbocycles. The van der Waals surface area contributed by atoms with Crippen LogP contribution in [0.3, 0.4) is 0 Å². The molecule has 1 saturated heterocycles. The lowest BCUT2D eigenvalue weighted by molar-refractivity contribution is -0.137. The van der Waals surface area contributed by atoms with E-state index in [0.717, 1.165) is 12.1 Å². The Morgan fingerprint density at radius 1 is 1.05 bits per heavy atom. The van der Waals surface area contributed by atoms with E-state index in [-0.39, 0.29) is 5.91 Å². The smallest absolute Gasteiger partial charge is 0.416 e. The Hall–Kier alpha value is -4.38. The molecule has 1 fully saturated rings. The fraction of sp³-hybridized carbons (Fsp3) is 0.179. The standard InChI is InChI=1S/C28H24F3N5O2S/c1-17(37)33-22-16-20(11-12-24(22)38-2)36-26(25(34-27(36)39)21-9-3-4-13-32-21)23-10-6-14-35(23)19-8-5-7-18(15-19)28(29,30)31/h3-16,25-26H,1-2H3,(H,33,37)(H,34,39)/t25-,26+/m0/s1. The molecule has 0 bridgehead atoms. The molecule has 2 aromatic carbocycles. The van der Waals surface area contributed by atoms with E-state index in [1.807, 2.05) is 29.2 Å². The third kappa shape index (κ3) is 5.17. The summed E-state index contributed by atoms with van der Waals surface area (Å²) in [5.74, 6) is 0.200. The van der Waals surface area contributed by atoms with Crippen LogP contribution in [-0.2, 0) is 11.0 Å². The molecule has 2 N–H and O–H groups in total. The predicted octanol–water partition coefficient (Wildman–Crippen LogP) is 6.04. The fourth-order valence-electron chi connectivity index (χ4n) is 4.77. The van der Waals surface area contributed by atoms with Crippen molar-refractivity contribution < 1.29 is 22.7 Å². The van der Waals surface area contributed by atoms with Crippen molar-refractivity contribution in [1.29, 1.82) is 0 Å². The first kappa shape index (κ1) is 26.2. The topological polar surface area (TPSA) is 71.4 Å². The highest BCUT2D eigenvalue weighted by Gasteiger charge is 2.42. The van der Waals surface area contributed by atoms with Crippen LogP contribution in [0.2, 0.25) is 0 Å². The van der Waals surface area contributed by atoms with Gasteiger partial charge >= 0.3 is 6.18 Å². The van der Waals surface area contributed by atoms with E-state index in [0.29, 0.717) is 39.3 Å². The van der Waals surface area contributed by atoms with Gasteiger partial charge in [0.15, 0.2) is 5.11 Å². The van der Waals surface area contributed by atoms with Gasteiger partial charge in [-0.15, -0.1) is 0 Å². The first-order valence-corrected chi connectivity index (χ1v) is 12.4. The molecule has 2 aromatic heterocycles. The Balaban J connectivity index is 1.66. The zero-order chi connectivity index (χ0) is 27.7. The number of pyridine rings is 1. The maximum atomic E-state index is 13.5. The molecule has 7 nitrogen and oxygen atoms in total. The van der Waals surface area contributed by atoms with Gasteiger partial charge in [0.2, 0.25) is 5.91 Å². The molecule has 0 spiro atoms. The highest BCUT2D eigenvalue weighted by atomic mass is 32.1. The molecule has 11 heteroatoms. The van der Waals surface area contributed by atoms with E-state index in [4.69, 9.17) is 17.0 Å². The number of rotatable bonds is 6. The van der Waals surface area contributed by atoms with Crippen molar-refractivity contribution >= 4 is 34.6 Å². The fourth-order valence-corrected chi connectivity index (χ4v) is 5.11.